The minimum atomic E-state index is -0.489. The molecule has 1 fully saturated rings. The molecule has 0 spiro atoms. The molecule has 1 saturated carbocycles. The lowest BCUT2D eigenvalue weighted by atomic mass is 10.1. The van der Waals surface area contributed by atoms with Gasteiger partial charge in [0.25, 0.3) is 5.91 Å². The minimum Gasteiger partial charge on any atom is -0.355 e. The number of hydrogen-bond donors (Lipinski definition) is 2. The van der Waals surface area contributed by atoms with Crippen molar-refractivity contribution in [2.24, 2.45) is 5.92 Å². The Labute approximate surface area is 127 Å². The lowest BCUT2D eigenvalue weighted by Gasteiger charge is -2.10. The summed E-state index contributed by atoms with van der Waals surface area (Å²) in [6.45, 7) is 0. The van der Waals surface area contributed by atoms with Gasteiger partial charge in [-0.05, 0) is 12.8 Å². The highest BCUT2D eigenvalue weighted by Crippen LogP contribution is 2.24. The molecular formula is C16H17N3O3. The SMILES string of the molecule is O=C(NNC(=O)C1CCCC1)c1cc(-c2ccccc2)on1. The van der Waals surface area contributed by atoms with Crippen molar-refractivity contribution in [2.75, 3.05) is 0 Å². The van der Waals surface area contributed by atoms with Crippen LogP contribution >= 0.6 is 0 Å². The highest BCUT2D eigenvalue weighted by Gasteiger charge is 2.23. The van der Waals surface area contributed by atoms with Crippen LogP contribution in [0.4, 0.5) is 0 Å². The van der Waals surface area contributed by atoms with Crippen molar-refractivity contribution in [2.45, 2.75) is 25.7 Å². The summed E-state index contributed by atoms with van der Waals surface area (Å²) in [5.74, 6) is -0.125. The molecule has 6 nitrogen and oxygen atoms in total. The van der Waals surface area contributed by atoms with Crippen molar-refractivity contribution in [3.05, 3.63) is 42.1 Å². The summed E-state index contributed by atoms with van der Waals surface area (Å²) >= 11 is 0. The molecule has 22 heavy (non-hydrogen) atoms. The molecule has 0 bridgehead atoms. The predicted octanol–water partition coefficient (Wildman–Crippen LogP) is 2.29. The van der Waals surface area contributed by atoms with E-state index in [4.69, 9.17) is 4.52 Å². The maximum absolute atomic E-state index is 12.0. The Morgan fingerprint density at radius 1 is 1.09 bits per heavy atom. The first kappa shape index (κ1) is 14.3. The van der Waals surface area contributed by atoms with Crippen LogP contribution in [-0.4, -0.2) is 17.0 Å². The van der Waals surface area contributed by atoms with E-state index in [9.17, 15) is 9.59 Å². The van der Waals surface area contributed by atoms with E-state index in [0.717, 1.165) is 31.2 Å². The molecule has 2 aromatic rings. The second kappa shape index (κ2) is 6.43. The molecular weight excluding hydrogens is 282 g/mol. The Kier molecular flexibility index (Phi) is 4.18. The van der Waals surface area contributed by atoms with Gasteiger partial charge in [0.05, 0.1) is 0 Å². The number of hydrogen-bond acceptors (Lipinski definition) is 4. The van der Waals surface area contributed by atoms with Gasteiger partial charge in [-0.1, -0.05) is 48.3 Å². The molecule has 0 saturated heterocycles. The smallest absolute Gasteiger partial charge is 0.291 e. The zero-order chi connectivity index (χ0) is 15.4. The van der Waals surface area contributed by atoms with Crippen molar-refractivity contribution >= 4 is 11.8 Å². The van der Waals surface area contributed by atoms with Gasteiger partial charge < -0.3 is 4.52 Å². The van der Waals surface area contributed by atoms with Crippen molar-refractivity contribution in [3.63, 3.8) is 0 Å². The van der Waals surface area contributed by atoms with Crippen molar-refractivity contribution in [1.82, 2.24) is 16.0 Å². The van der Waals surface area contributed by atoms with E-state index in [1.807, 2.05) is 30.3 Å². The fourth-order valence-electron chi connectivity index (χ4n) is 2.59. The molecule has 114 valence electrons. The van der Waals surface area contributed by atoms with Gasteiger partial charge in [0.2, 0.25) is 5.91 Å². The zero-order valence-corrected chi connectivity index (χ0v) is 12.0. The lowest BCUT2D eigenvalue weighted by molar-refractivity contribution is -0.125. The number of rotatable bonds is 3. The highest BCUT2D eigenvalue weighted by atomic mass is 16.5. The average molecular weight is 299 g/mol. The normalized spacial score (nSPS) is 14.7. The number of hydrazine groups is 1. The zero-order valence-electron chi connectivity index (χ0n) is 12.0. The second-order valence-corrected chi connectivity index (χ2v) is 5.37. The largest absolute Gasteiger partial charge is 0.355 e. The molecule has 1 aliphatic rings. The number of aromatic nitrogens is 1. The van der Waals surface area contributed by atoms with Gasteiger partial charge in [-0.15, -0.1) is 0 Å². The fourth-order valence-corrected chi connectivity index (χ4v) is 2.59. The van der Waals surface area contributed by atoms with Crippen LogP contribution in [0.5, 0.6) is 0 Å². The van der Waals surface area contributed by atoms with Crippen LogP contribution in [0.3, 0.4) is 0 Å². The van der Waals surface area contributed by atoms with Crippen LogP contribution in [-0.2, 0) is 4.79 Å². The number of nitrogens with zero attached hydrogens (tertiary/aromatic N) is 1. The topological polar surface area (TPSA) is 84.2 Å². The number of carbonyl (C=O) groups excluding carboxylic acids is 2. The molecule has 0 atom stereocenters. The Morgan fingerprint density at radius 2 is 1.82 bits per heavy atom. The van der Waals surface area contributed by atoms with Crippen molar-refractivity contribution < 1.29 is 14.1 Å². The maximum atomic E-state index is 12.0. The molecule has 1 aliphatic carbocycles. The quantitative estimate of drug-likeness (QED) is 0.852. The van der Waals surface area contributed by atoms with E-state index in [0.29, 0.717) is 5.76 Å². The Balaban J connectivity index is 1.59. The monoisotopic (exact) mass is 299 g/mol. The van der Waals surface area contributed by atoms with Gasteiger partial charge in [0, 0.05) is 17.5 Å². The summed E-state index contributed by atoms with van der Waals surface area (Å²) in [7, 11) is 0. The number of amides is 2. The second-order valence-electron chi connectivity index (χ2n) is 5.37. The van der Waals surface area contributed by atoms with Gasteiger partial charge >= 0.3 is 0 Å². The van der Waals surface area contributed by atoms with Crippen LogP contribution in [0, 0.1) is 5.92 Å². The summed E-state index contributed by atoms with van der Waals surface area (Å²) in [6.07, 6.45) is 3.89. The molecule has 2 N–H and O–H groups in total. The maximum Gasteiger partial charge on any atom is 0.291 e. The average Bonchev–Trinajstić information content (AvgIpc) is 3.24. The summed E-state index contributed by atoms with van der Waals surface area (Å²) in [4.78, 5) is 23.8. The number of nitrogens with one attached hydrogen (secondary N) is 2. The van der Waals surface area contributed by atoms with E-state index in [1.54, 1.807) is 6.07 Å². The summed E-state index contributed by atoms with van der Waals surface area (Å²) in [6, 6.07) is 10.9. The minimum absolute atomic E-state index is 0.00233. The van der Waals surface area contributed by atoms with Gasteiger partial charge in [0.15, 0.2) is 11.5 Å². The van der Waals surface area contributed by atoms with Crippen LogP contribution < -0.4 is 10.9 Å². The van der Waals surface area contributed by atoms with E-state index in [2.05, 4.69) is 16.0 Å². The molecule has 3 rings (SSSR count). The molecule has 0 aliphatic heterocycles. The number of carbonyl (C=O) groups is 2. The first-order valence-corrected chi connectivity index (χ1v) is 7.36. The van der Waals surface area contributed by atoms with Gasteiger partial charge in [-0.25, -0.2) is 0 Å². The molecule has 1 aromatic heterocycles. The molecule has 6 heteroatoms. The molecule has 2 amide bonds. The van der Waals surface area contributed by atoms with E-state index >= 15 is 0 Å². The third kappa shape index (κ3) is 3.16. The third-order valence-corrected chi connectivity index (χ3v) is 3.83. The van der Waals surface area contributed by atoms with E-state index in [-0.39, 0.29) is 17.5 Å². The summed E-state index contributed by atoms with van der Waals surface area (Å²) in [5, 5.41) is 3.73. The van der Waals surface area contributed by atoms with Crippen molar-refractivity contribution in [1.29, 1.82) is 0 Å². The van der Waals surface area contributed by atoms with Crippen LogP contribution in [0.25, 0.3) is 11.3 Å². The van der Waals surface area contributed by atoms with Gasteiger partial charge in [-0.3, -0.25) is 20.4 Å². The first-order chi connectivity index (χ1) is 10.7. The van der Waals surface area contributed by atoms with Crippen LogP contribution in [0.2, 0.25) is 0 Å². The van der Waals surface area contributed by atoms with Crippen LogP contribution in [0.1, 0.15) is 36.2 Å². The molecule has 1 heterocycles. The fraction of sp³-hybridized carbons (Fsp3) is 0.312. The first-order valence-electron chi connectivity index (χ1n) is 7.36. The lowest BCUT2D eigenvalue weighted by Crippen LogP contribution is -2.44. The Hall–Kier alpha value is -2.63. The van der Waals surface area contributed by atoms with E-state index < -0.39 is 5.91 Å². The summed E-state index contributed by atoms with van der Waals surface area (Å²) in [5.41, 5.74) is 5.80. The van der Waals surface area contributed by atoms with Gasteiger partial charge in [-0.2, -0.15) is 0 Å². The third-order valence-electron chi connectivity index (χ3n) is 3.83. The predicted molar refractivity (Wildman–Crippen MR) is 79.5 cm³/mol. The Bertz CT molecular complexity index is 660. The molecule has 0 unspecified atom stereocenters. The van der Waals surface area contributed by atoms with Gasteiger partial charge in [0.1, 0.15) is 0 Å². The molecule has 1 aromatic carbocycles. The summed E-state index contributed by atoms with van der Waals surface area (Å²) < 4.78 is 5.15. The van der Waals surface area contributed by atoms with Crippen molar-refractivity contribution in [3.8, 4) is 11.3 Å². The molecule has 0 radical (unpaired) electrons. The number of benzene rings is 1. The standard InChI is InChI=1S/C16H17N3O3/c20-15(12-8-4-5-9-12)17-18-16(21)13-10-14(22-19-13)11-6-2-1-3-7-11/h1-3,6-7,10,12H,4-5,8-9H2,(H,17,20)(H,18,21). The van der Waals surface area contributed by atoms with Crippen LogP contribution in [0.15, 0.2) is 40.9 Å². The van der Waals surface area contributed by atoms with E-state index in [1.165, 1.54) is 0 Å². The highest BCUT2D eigenvalue weighted by molar-refractivity contribution is 5.94. The Morgan fingerprint density at radius 3 is 2.55 bits per heavy atom.